The molecular weight excluding hydrogens is 275 g/mol. The Balaban J connectivity index is 2.07. The summed E-state index contributed by atoms with van der Waals surface area (Å²) in [6, 6.07) is 3.40. The maximum absolute atomic E-state index is 14.3. The Kier molecular flexibility index (Phi) is 3.30. The molecule has 5 heteroatoms. The van der Waals surface area contributed by atoms with Crippen LogP contribution in [0.25, 0.3) is 0 Å². The molecule has 1 heterocycles. The Morgan fingerprint density at radius 3 is 2.71 bits per heavy atom. The average Bonchev–Trinajstić information content (AvgIpc) is 3.11. The number of carboxylic acid groups (broad SMARTS) is 1. The molecule has 0 spiro atoms. The van der Waals surface area contributed by atoms with Crippen LogP contribution >= 0.6 is 0 Å². The molecule has 2 aliphatic rings. The number of alkyl halides is 1. The van der Waals surface area contributed by atoms with E-state index in [0.717, 1.165) is 18.4 Å². The van der Waals surface area contributed by atoms with E-state index in [1.165, 1.54) is 13.8 Å². The summed E-state index contributed by atoms with van der Waals surface area (Å²) in [7, 11) is 0. The molecule has 1 unspecified atom stereocenters. The molecule has 0 amide bonds. The van der Waals surface area contributed by atoms with E-state index in [2.05, 4.69) is 0 Å². The Bertz CT molecular complexity index is 572. The molecule has 1 aromatic rings. The number of carboxylic acids is 1. The summed E-state index contributed by atoms with van der Waals surface area (Å²) in [5, 5.41) is 9.15. The van der Waals surface area contributed by atoms with Gasteiger partial charge in [0.05, 0.1) is 6.42 Å². The highest BCUT2D eigenvalue weighted by molar-refractivity contribution is 5.69. The third-order valence-electron chi connectivity index (χ3n) is 4.17. The van der Waals surface area contributed by atoms with Crippen LogP contribution in [-0.2, 0) is 10.5 Å². The minimum Gasteiger partial charge on any atom is -0.481 e. The quantitative estimate of drug-likeness (QED) is 0.901. The number of carbonyl (C=O) groups is 1. The third-order valence-corrected chi connectivity index (χ3v) is 4.17. The van der Waals surface area contributed by atoms with Gasteiger partial charge in [0.15, 0.2) is 11.5 Å². The zero-order valence-corrected chi connectivity index (χ0v) is 12.2. The van der Waals surface area contributed by atoms with E-state index in [0.29, 0.717) is 23.0 Å². The van der Waals surface area contributed by atoms with Crippen molar-refractivity contribution in [3.8, 4) is 11.5 Å². The second-order valence-corrected chi connectivity index (χ2v) is 6.31. The molecule has 1 saturated carbocycles. The number of benzene rings is 1. The van der Waals surface area contributed by atoms with Gasteiger partial charge in [0, 0.05) is 11.5 Å². The van der Waals surface area contributed by atoms with Crippen LogP contribution in [0, 0.1) is 5.92 Å². The molecule has 0 saturated heterocycles. The summed E-state index contributed by atoms with van der Waals surface area (Å²) in [4.78, 5) is 11.2. The first-order valence-corrected chi connectivity index (χ1v) is 7.21. The predicted octanol–water partition coefficient (Wildman–Crippen LogP) is 3.59. The fourth-order valence-corrected chi connectivity index (χ4v) is 2.87. The highest BCUT2D eigenvalue weighted by Crippen LogP contribution is 2.51. The van der Waals surface area contributed by atoms with Gasteiger partial charge in [0.2, 0.25) is 6.79 Å². The molecule has 21 heavy (non-hydrogen) atoms. The van der Waals surface area contributed by atoms with Gasteiger partial charge < -0.3 is 14.6 Å². The summed E-state index contributed by atoms with van der Waals surface area (Å²) in [6.07, 6.45) is 2.06. The van der Waals surface area contributed by atoms with Crippen molar-refractivity contribution < 1.29 is 23.8 Å². The van der Waals surface area contributed by atoms with Crippen molar-refractivity contribution in [2.75, 3.05) is 6.79 Å². The van der Waals surface area contributed by atoms with E-state index in [1.54, 1.807) is 12.1 Å². The summed E-state index contributed by atoms with van der Waals surface area (Å²) in [5.74, 6) is 0.461. The Labute approximate surface area is 122 Å². The van der Waals surface area contributed by atoms with Gasteiger partial charge >= 0.3 is 5.97 Å². The SMILES string of the molecule is CC(C)(F)c1cc2c(c(C(CC(=O)O)C3CC3)c1)OCO2. The van der Waals surface area contributed by atoms with E-state index in [9.17, 15) is 9.18 Å². The smallest absolute Gasteiger partial charge is 0.303 e. The normalized spacial score (nSPS) is 18.6. The number of rotatable bonds is 5. The summed E-state index contributed by atoms with van der Waals surface area (Å²) >= 11 is 0. The maximum atomic E-state index is 14.3. The van der Waals surface area contributed by atoms with Gasteiger partial charge in [-0.2, -0.15) is 0 Å². The zero-order chi connectivity index (χ0) is 15.2. The summed E-state index contributed by atoms with van der Waals surface area (Å²) in [5.41, 5.74) is -0.235. The molecule has 1 N–H and O–H groups in total. The molecule has 0 bridgehead atoms. The van der Waals surface area contributed by atoms with Crippen LogP contribution < -0.4 is 9.47 Å². The molecular formula is C16H19FO4. The Hall–Kier alpha value is -1.78. The van der Waals surface area contributed by atoms with Gasteiger partial charge in [-0.3, -0.25) is 4.79 Å². The van der Waals surface area contributed by atoms with Gasteiger partial charge in [-0.15, -0.1) is 0 Å². The number of ether oxygens (including phenoxy) is 2. The minimum absolute atomic E-state index is 0.0383. The molecule has 0 aromatic heterocycles. The van der Waals surface area contributed by atoms with Crippen molar-refractivity contribution >= 4 is 5.97 Å². The Morgan fingerprint density at radius 1 is 1.43 bits per heavy atom. The van der Waals surface area contributed by atoms with Crippen LogP contribution in [0.2, 0.25) is 0 Å². The molecule has 114 valence electrons. The number of hydrogen-bond acceptors (Lipinski definition) is 3. The van der Waals surface area contributed by atoms with Crippen LogP contribution in [0.15, 0.2) is 12.1 Å². The first-order chi connectivity index (χ1) is 9.86. The van der Waals surface area contributed by atoms with Crippen LogP contribution in [0.1, 0.15) is 50.2 Å². The minimum atomic E-state index is -1.51. The highest BCUT2D eigenvalue weighted by Gasteiger charge is 2.38. The van der Waals surface area contributed by atoms with Crippen LogP contribution in [0.3, 0.4) is 0 Å². The van der Waals surface area contributed by atoms with Gasteiger partial charge in [-0.25, -0.2) is 4.39 Å². The third kappa shape index (κ3) is 2.82. The fraction of sp³-hybridized carbons (Fsp3) is 0.562. The van der Waals surface area contributed by atoms with Gasteiger partial charge in [0.25, 0.3) is 0 Å². The topological polar surface area (TPSA) is 55.8 Å². The van der Waals surface area contributed by atoms with Crippen molar-refractivity contribution in [1.82, 2.24) is 0 Å². The molecule has 1 aromatic carbocycles. The van der Waals surface area contributed by atoms with E-state index in [4.69, 9.17) is 14.6 Å². The second-order valence-electron chi connectivity index (χ2n) is 6.31. The van der Waals surface area contributed by atoms with Crippen LogP contribution in [0.4, 0.5) is 4.39 Å². The molecule has 3 rings (SSSR count). The molecule has 1 aliphatic heterocycles. The monoisotopic (exact) mass is 294 g/mol. The average molecular weight is 294 g/mol. The highest BCUT2D eigenvalue weighted by atomic mass is 19.1. The largest absolute Gasteiger partial charge is 0.481 e. The number of halogens is 1. The first kappa shape index (κ1) is 14.2. The molecule has 1 atom stereocenters. The molecule has 1 aliphatic carbocycles. The number of hydrogen-bond donors (Lipinski definition) is 1. The molecule has 4 nitrogen and oxygen atoms in total. The molecule has 0 radical (unpaired) electrons. The number of fused-ring (bicyclic) bond motifs is 1. The van der Waals surface area contributed by atoms with E-state index in [1.807, 2.05) is 0 Å². The van der Waals surface area contributed by atoms with Crippen molar-refractivity contribution in [2.45, 2.75) is 44.7 Å². The van der Waals surface area contributed by atoms with Crippen LogP contribution in [-0.4, -0.2) is 17.9 Å². The maximum Gasteiger partial charge on any atom is 0.303 e. The second kappa shape index (κ2) is 4.90. The summed E-state index contributed by atoms with van der Waals surface area (Å²) in [6.45, 7) is 3.07. The molecule has 1 fully saturated rings. The fourth-order valence-electron chi connectivity index (χ4n) is 2.87. The van der Waals surface area contributed by atoms with E-state index >= 15 is 0 Å². The van der Waals surface area contributed by atoms with Crippen molar-refractivity contribution in [3.05, 3.63) is 23.3 Å². The first-order valence-electron chi connectivity index (χ1n) is 7.21. The van der Waals surface area contributed by atoms with Gasteiger partial charge in [-0.05, 0) is 50.3 Å². The van der Waals surface area contributed by atoms with Crippen molar-refractivity contribution in [3.63, 3.8) is 0 Å². The van der Waals surface area contributed by atoms with Crippen LogP contribution in [0.5, 0.6) is 11.5 Å². The van der Waals surface area contributed by atoms with E-state index in [-0.39, 0.29) is 19.1 Å². The predicted molar refractivity (Wildman–Crippen MR) is 74.4 cm³/mol. The Morgan fingerprint density at radius 2 is 2.14 bits per heavy atom. The standard InChI is InChI=1S/C16H19FO4/c1-16(2,17)10-5-12(15-13(6-10)20-8-21-15)11(7-14(18)19)9-3-4-9/h5-6,9,11H,3-4,7-8H2,1-2H3,(H,18,19). The lowest BCUT2D eigenvalue weighted by Crippen LogP contribution is -2.13. The lowest BCUT2D eigenvalue weighted by atomic mass is 9.86. The summed E-state index contributed by atoms with van der Waals surface area (Å²) < 4.78 is 25.2. The lowest BCUT2D eigenvalue weighted by molar-refractivity contribution is -0.137. The van der Waals surface area contributed by atoms with Crippen molar-refractivity contribution in [1.29, 1.82) is 0 Å². The van der Waals surface area contributed by atoms with Crippen molar-refractivity contribution in [2.24, 2.45) is 5.92 Å². The zero-order valence-electron chi connectivity index (χ0n) is 12.2. The van der Waals surface area contributed by atoms with Gasteiger partial charge in [0.1, 0.15) is 5.67 Å². The number of aliphatic carboxylic acids is 1. The van der Waals surface area contributed by atoms with Gasteiger partial charge in [-0.1, -0.05) is 0 Å². The lowest BCUT2D eigenvalue weighted by Gasteiger charge is -2.21. The van der Waals surface area contributed by atoms with E-state index < -0.39 is 11.6 Å².